The van der Waals surface area contributed by atoms with Gasteiger partial charge in [-0.15, -0.1) is 0 Å². The number of likely N-dealkylation sites (N-methyl/N-ethyl adjacent to an activating group) is 1. The normalized spacial score (nSPS) is 28.6. The second-order valence-corrected chi connectivity index (χ2v) is 5.10. The van der Waals surface area contributed by atoms with Gasteiger partial charge in [0.1, 0.15) is 6.04 Å². The molecular weight excluding hydrogens is 204 g/mol. The Kier molecular flexibility index (Phi) is 4.74. The first kappa shape index (κ1) is 13.5. The predicted molar refractivity (Wildman–Crippen MR) is 64.5 cm³/mol. The molecule has 1 aliphatic heterocycles. The summed E-state index contributed by atoms with van der Waals surface area (Å²) in [6.45, 7) is 6.03. The number of hydrogen-bond donors (Lipinski definition) is 1. The average molecular weight is 228 g/mol. The summed E-state index contributed by atoms with van der Waals surface area (Å²) in [7, 11) is 4.14. The van der Waals surface area contributed by atoms with Gasteiger partial charge >= 0.3 is 5.97 Å². The van der Waals surface area contributed by atoms with E-state index in [2.05, 4.69) is 30.8 Å². The van der Waals surface area contributed by atoms with E-state index in [1.807, 2.05) is 6.92 Å². The lowest BCUT2D eigenvalue weighted by atomic mass is 10.1. The summed E-state index contributed by atoms with van der Waals surface area (Å²) in [5, 5.41) is 9.22. The molecule has 0 aromatic rings. The molecule has 94 valence electrons. The lowest BCUT2D eigenvalue weighted by molar-refractivity contribution is -0.143. The molecular formula is C12H24N2O2. The van der Waals surface area contributed by atoms with Crippen LogP contribution in [0.3, 0.4) is 0 Å². The van der Waals surface area contributed by atoms with E-state index in [-0.39, 0.29) is 6.04 Å². The number of carboxylic acid groups (broad SMARTS) is 1. The molecule has 1 N–H and O–H groups in total. The van der Waals surface area contributed by atoms with Gasteiger partial charge in [0, 0.05) is 19.1 Å². The van der Waals surface area contributed by atoms with Crippen LogP contribution in [0.5, 0.6) is 0 Å². The summed E-state index contributed by atoms with van der Waals surface area (Å²) in [6, 6.07) is 0.191. The summed E-state index contributed by atoms with van der Waals surface area (Å²) in [5.74, 6) is -0.123. The first-order chi connectivity index (χ1) is 7.47. The van der Waals surface area contributed by atoms with Crippen molar-refractivity contribution in [2.24, 2.45) is 5.92 Å². The Morgan fingerprint density at radius 2 is 2.12 bits per heavy atom. The first-order valence-corrected chi connectivity index (χ1v) is 6.10. The molecule has 0 aromatic heterocycles. The smallest absolute Gasteiger partial charge is 0.320 e. The minimum absolute atomic E-state index is 0.294. The number of carboxylic acids is 1. The van der Waals surface area contributed by atoms with Gasteiger partial charge in [-0.25, -0.2) is 0 Å². The van der Waals surface area contributed by atoms with E-state index < -0.39 is 5.97 Å². The van der Waals surface area contributed by atoms with Crippen LogP contribution in [0.15, 0.2) is 0 Å². The number of likely N-dealkylation sites (tertiary alicyclic amines) is 1. The van der Waals surface area contributed by atoms with Crippen LogP contribution in [0.25, 0.3) is 0 Å². The zero-order valence-electron chi connectivity index (χ0n) is 10.8. The molecule has 1 aliphatic rings. The van der Waals surface area contributed by atoms with Gasteiger partial charge in [0.25, 0.3) is 0 Å². The van der Waals surface area contributed by atoms with E-state index in [4.69, 9.17) is 0 Å². The van der Waals surface area contributed by atoms with Crippen molar-refractivity contribution >= 4 is 5.97 Å². The summed E-state index contributed by atoms with van der Waals surface area (Å²) < 4.78 is 0. The Morgan fingerprint density at radius 3 is 2.50 bits per heavy atom. The lowest BCUT2D eigenvalue weighted by Gasteiger charge is -2.25. The van der Waals surface area contributed by atoms with E-state index in [1.165, 1.54) is 0 Å². The zero-order valence-corrected chi connectivity index (χ0v) is 10.8. The van der Waals surface area contributed by atoms with Crippen LogP contribution in [0, 0.1) is 5.92 Å². The van der Waals surface area contributed by atoms with Crippen LogP contribution < -0.4 is 0 Å². The van der Waals surface area contributed by atoms with E-state index >= 15 is 0 Å². The summed E-state index contributed by atoms with van der Waals surface area (Å²) in [4.78, 5) is 15.5. The summed E-state index contributed by atoms with van der Waals surface area (Å²) in [5.41, 5.74) is 0. The molecule has 0 saturated carbocycles. The fourth-order valence-electron chi connectivity index (χ4n) is 2.65. The van der Waals surface area contributed by atoms with Gasteiger partial charge in [-0.05, 0) is 26.4 Å². The molecule has 0 radical (unpaired) electrons. The molecule has 0 bridgehead atoms. The SMILES string of the molecule is CCCC(C(=O)O)N1CC(C)C(N(C)C)C1. The quantitative estimate of drug-likeness (QED) is 0.766. The first-order valence-electron chi connectivity index (χ1n) is 6.10. The fraction of sp³-hybridized carbons (Fsp3) is 0.917. The summed E-state index contributed by atoms with van der Waals surface area (Å²) in [6.07, 6.45) is 1.68. The highest BCUT2D eigenvalue weighted by Crippen LogP contribution is 2.23. The van der Waals surface area contributed by atoms with Gasteiger partial charge in [-0.1, -0.05) is 20.3 Å². The molecule has 1 saturated heterocycles. The van der Waals surface area contributed by atoms with E-state index in [0.29, 0.717) is 12.0 Å². The van der Waals surface area contributed by atoms with Crippen molar-refractivity contribution in [2.45, 2.75) is 38.8 Å². The molecule has 3 atom stereocenters. The van der Waals surface area contributed by atoms with Crippen molar-refractivity contribution in [1.29, 1.82) is 0 Å². The maximum absolute atomic E-state index is 11.2. The van der Waals surface area contributed by atoms with Gasteiger partial charge in [-0.2, -0.15) is 0 Å². The van der Waals surface area contributed by atoms with Crippen LogP contribution in [-0.2, 0) is 4.79 Å². The monoisotopic (exact) mass is 228 g/mol. The molecule has 16 heavy (non-hydrogen) atoms. The van der Waals surface area contributed by atoms with Crippen molar-refractivity contribution in [3.05, 3.63) is 0 Å². The minimum Gasteiger partial charge on any atom is -0.480 e. The van der Waals surface area contributed by atoms with Gasteiger partial charge in [0.15, 0.2) is 0 Å². The number of carbonyl (C=O) groups is 1. The highest BCUT2D eigenvalue weighted by Gasteiger charge is 2.36. The van der Waals surface area contributed by atoms with Gasteiger partial charge in [0.05, 0.1) is 0 Å². The maximum atomic E-state index is 11.2. The number of hydrogen-bond acceptors (Lipinski definition) is 3. The van der Waals surface area contributed by atoms with Crippen LogP contribution in [0.4, 0.5) is 0 Å². The van der Waals surface area contributed by atoms with Crippen LogP contribution in [0.2, 0.25) is 0 Å². The molecule has 0 spiro atoms. The van der Waals surface area contributed by atoms with Crippen molar-refractivity contribution in [3.63, 3.8) is 0 Å². The highest BCUT2D eigenvalue weighted by atomic mass is 16.4. The lowest BCUT2D eigenvalue weighted by Crippen LogP contribution is -2.41. The van der Waals surface area contributed by atoms with Crippen molar-refractivity contribution < 1.29 is 9.90 Å². The average Bonchev–Trinajstić information content (AvgIpc) is 2.56. The van der Waals surface area contributed by atoms with Crippen LogP contribution in [0.1, 0.15) is 26.7 Å². The van der Waals surface area contributed by atoms with E-state index in [9.17, 15) is 9.90 Å². The Hall–Kier alpha value is -0.610. The second-order valence-electron chi connectivity index (χ2n) is 5.10. The molecule has 1 fully saturated rings. The van der Waals surface area contributed by atoms with Crippen molar-refractivity contribution in [1.82, 2.24) is 9.80 Å². The van der Waals surface area contributed by atoms with Crippen molar-refractivity contribution in [3.8, 4) is 0 Å². The zero-order chi connectivity index (χ0) is 12.3. The Bertz CT molecular complexity index is 243. The third kappa shape index (κ3) is 2.95. The molecule has 1 rings (SSSR count). The standard InChI is InChI=1S/C12H24N2O2/c1-5-6-10(12(15)16)14-7-9(2)11(8-14)13(3)4/h9-11H,5-8H2,1-4H3,(H,15,16). The molecule has 0 amide bonds. The molecule has 4 nitrogen and oxygen atoms in total. The predicted octanol–water partition coefficient (Wildman–Crippen LogP) is 1.12. The summed E-state index contributed by atoms with van der Waals surface area (Å²) >= 11 is 0. The second kappa shape index (κ2) is 5.64. The number of nitrogens with zero attached hydrogens (tertiary/aromatic N) is 2. The maximum Gasteiger partial charge on any atom is 0.320 e. The topological polar surface area (TPSA) is 43.8 Å². The molecule has 0 aliphatic carbocycles. The fourth-order valence-corrected chi connectivity index (χ4v) is 2.65. The number of aliphatic carboxylic acids is 1. The Balaban J connectivity index is 2.64. The third-order valence-electron chi connectivity index (χ3n) is 3.55. The van der Waals surface area contributed by atoms with Crippen LogP contribution >= 0.6 is 0 Å². The van der Waals surface area contributed by atoms with Gasteiger partial charge < -0.3 is 10.0 Å². The Labute approximate surface area is 98.2 Å². The third-order valence-corrected chi connectivity index (χ3v) is 3.55. The van der Waals surface area contributed by atoms with Gasteiger partial charge in [0.2, 0.25) is 0 Å². The minimum atomic E-state index is -0.673. The van der Waals surface area contributed by atoms with E-state index in [1.54, 1.807) is 0 Å². The molecule has 1 heterocycles. The molecule has 3 unspecified atom stereocenters. The number of rotatable bonds is 5. The Morgan fingerprint density at radius 1 is 1.50 bits per heavy atom. The molecule has 4 heteroatoms. The van der Waals surface area contributed by atoms with Crippen LogP contribution in [-0.4, -0.2) is 60.1 Å². The van der Waals surface area contributed by atoms with E-state index in [0.717, 1.165) is 25.9 Å². The highest BCUT2D eigenvalue weighted by molar-refractivity contribution is 5.73. The van der Waals surface area contributed by atoms with Gasteiger partial charge in [-0.3, -0.25) is 9.69 Å². The largest absolute Gasteiger partial charge is 0.480 e. The van der Waals surface area contributed by atoms with Crippen molar-refractivity contribution in [2.75, 3.05) is 27.2 Å². The molecule has 0 aromatic carbocycles.